The third-order valence-corrected chi connectivity index (χ3v) is 6.50. The Balaban J connectivity index is 1.61. The maximum absolute atomic E-state index is 13.0. The zero-order chi connectivity index (χ0) is 23.0. The van der Waals surface area contributed by atoms with E-state index in [1.165, 1.54) is 16.9 Å². The number of anilines is 1. The van der Waals surface area contributed by atoms with Crippen LogP contribution in [0.1, 0.15) is 26.5 Å². The smallest absolute Gasteiger partial charge is 0.408 e. The number of carbonyl (C=O) groups excluding carboxylic acids is 1. The van der Waals surface area contributed by atoms with Crippen molar-refractivity contribution >= 4 is 34.0 Å². The molecule has 7 nitrogen and oxygen atoms in total. The molecule has 8 heteroatoms. The number of oxazole rings is 1. The molecule has 2 aromatic heterocycles. The molecule has 0 aliphatic heterocycles. The molecule has 0 spiro atoms. The van der Waals surface area contributed by atoms with Crippen molar-refractivity contribution in [2.24, 2.45) is 0 Å². The largest absolute Gasteiger partial charge is 0.419 e. The molecule has 4 rings (SSSR count). The van der Waals surface area contributed by atoms with Gasteiger partial charge in [0.25, 0.3) is 5.91 Å². The van der Waals surface area contributed by atoms with Crippen LogP contribution in [0, 0.1) is 20.8 Å². The van der Waals surface area contributed by atoms with Gasteiger partial charge in [0.2, 0.25) is 0 Å². The van der Waals surface area contributed by atoms with Crippen molar-refractivity contribution in [3.05, 3.63) is 68.6 Å². The normalized spacial score (nSPS) is 11.4. The van der Waals surface area contributed by atoms with Gasteiger partial charge in [-0.15, -0.1) is 11.3 Å². The van der Waals surface area contributed by atoms with Crippen LogP contribution in [0.15, 0.2) is 45.6 Å². The highest BCUT2D eigenvalue weighted by atomic mass is 32.1. The van der Waals surface area contributed by atoms with Gasteiger partial charge in [0.1, 0.15) is 9.88 Å². The minimum Gasteiger partial charge on any atom is -0.408 e. The molecule has 0 radical (unpaired) electrons. The zero-order valence-electron chi connectivity index (χ0n) is 18.9. The number of nitrogens with zero attached hydrogens (tertiary/aromatic N) is 3. The van der Waals surface area contributed by atoms with E-state index in [1.807, 2.05) is 32.0 Å². The van der Waals surface area contributed by atoms with E-state index in [4.69, 9.17) is 4.42 Å². The fraction of sp³-hybridized carbons (Fsp3) is 0.292. The minimum atomic E-state index is -0.401. The van der Waals surface area contributed by atoms with E-state index in [0.29, 0.717) is 40.4 Å². The Morgan fingerprint density at radius 3 is 2.66 bits per heavy atom. The number of hydrogen-bond acceptors (Lipinski definition) is 6. The molecular formula is C24H26N4O3S. The van der Waals surface area contributed by atoms with Crippen LogP contribution >= 0.6 is 11.3 Å². The van der Waals surface area contributed by atoms with Crippen LogP contribution in [0.5, 0.6) is 0 Å². The van der Waals surface area contributed by atoms with Crippen LogP contribution in [-0.2, 0) is 6.54 Å². The number of carbonyl (C=O) groups is 1. The summed E-state index contributed by atoms with van der Waals surface area (Å²) in [7, 11) is 3.89. The van der Waals surface area contributed by atoms with E-state index in [-0.39, 0.29) is 5.91 Å². The average molecular weight is 451 g/mol. The van der Waals surface area contributed by atoms with Gasteiger partial charge in [-0.05, 0) is 58.6 Å². The fourth-order valence-corrected chi connectivity index (χ4v) is 4.67. The molecule has 2 aromatic carbocycles. The Kier molecular flexibility index (Phi) is 5.99. The summed E-state index contributed by atoms with van der Waals surface area (Å²) < 4.78 is 6.92. The predicted octanol–water partition coefficient (Wildman–Crippen LogP) is 4.46. The molecule has 0 aliphatic rings. The molecule has 0 saturated heterocycles. The molecule has 166 valence electrons. The number of fused-ring (bicyclic) bond motifs is 1. The Morgan fingerprint density at radius 2 is 1.94 bits per heavy atom. The lowest BCUT2D eigenvalue weighted by Crippen LogP contribution is -2.23. The van der Waals surface area contributed by atoms with Crippen LogP contribution in [0.3, 0.4) is 0 Å². The quantitative estimate of drug-likeness (QED) is 0.469. The predicted molar refractivity (Wildman–Crippen MR) is 129 cm³/mol. The van der Waals surface area contributed by atoms with E-state index in [2.05, 4.69) is 36.3 Å². The molecule has 0 bridgehead atoms. The molecule has 0 aliphatic carbocycles. The van der Waals surface area contributed by atoms with E-state index in [0.717, 1.165) is 16.1 Å². The van der Waals surface area contributed by atoms with Gasteiger partial charge in [0.15, 0.2) is 5.58 Å². The molecule has 0 unspecified atom stereocenters. The maximum atomic E-state index is 13.0. The molecule has 0 fully saturated rings. The first-order valence-corrected chi connectivity index (χ1v) is 11.2. The van der Waals surface area contributed by atoms with E-state index in [9.17, 15) is 9.59 Å². The lowest BCUT2D eigenvalue weighted by Gasteiger charge is -2.10. The molecule has 1 amide bonds. The molecule has 4 aromatic rings. The summed E-state index contributed by atoms with van der Waals surface area (Å²) in [6, 6.07) is 11.4. The standard InChI is InChI=1S/C24H26N4O3S/c1-14-6-8-18(15(2)12-14)23-25-16(3)21(32-23)22(29)26-17-7-9-20-19(13-17)28(24(30)31-20)11-10-27(4)5/h6-9,12-13H,10-11H2,1-5H3,(H,26,29). The van der Waals surface area contributed by atoms with Gasteiger partial charge in [-0.3, -0.25) is 9.36 Å². The topological polar surface area (TPSA) is 80.4 Å². The molecule has 1 N–H and O–H groups in total. The number of thiazole rings is 1. The highest BCUT2D eigenvalue weighted by molar-refractivity contribution is 7.17. The third kappa shape index (κ3) is 4.37. The van der Waals surface area contributed by atoms with Crippen molar-refractivity contribution in [3.63, 3.8) is 0 Å². The van der Waals surface area contributed by atoms with Gasteiger partial charge >= 0.3 is 5.76 Å². The van der Waals surface area contributed by atoms with Gasteiger partial charge in [-0.2, -0.15) is 0 Å². The molecule has 0 saturated carbocycles. The number of hydrogen-bond donors (Lipinski definition) is 1. The van der Waals surface area contributed by atoms with E-state index in [1.54, 1.807) is 22.8 Å². The van der Waals surface area contributed by atoms with Crippen molar-refractivity contribution in [2.45, 2.75) is 27.3 Å². The Hall–Kier alpha value is -3.23. The van der Waals surface area contributed by atoms with Crippen LogP contribution in [0.25, 0.3) is 21.7 Å². The number of aromatic nitrogens is 2. The second-order valence-corrected chi connectivity index (χ2v) is 9.21. The number of aryl methyl sites for hydroxylation is 3. The molecule has 0 atom stereocenters. The number of likely N-dealkylation sites (N-methyl/N-ethyl adjacent to an activating group) is 1. The highest BCUT2D eigenvalue weighted by Crippen LogP contribution is 2.31. The van der Waals surface area contributed by atoms with Crippen molar-refractivity contribution in [1.29, 1.82) is 0 Å². The number of nitrogens with one attached hydrogen (secondary N) is 1. The summed E-state index contributed by atoms with van der Waals surface area (Å²) in [6.45, 7) is 7.15. The Labute approximate surface area is 190 Å². The van der Waals surface area contributed by atoms with Gasteiger partial charge in [-0.1, -0.05) is 23.8 Å². The summed E-state index contributed by atoms with van der Waals surface area (Å²) in [5.74, 6) is -0.622. The van der Waals surface area contributed by atoms with Gasteiger partial charge in [-0.25, -0.2) is 9.78 Å². The van der Waals surface area contributed by atoms with Crippen molar-refractivity contribution < 1.29 is 9.21 Å². The Morgan fingerprint density at radius 1 is 1.16 bits per heavy atom. The second kappa shape index (κ2) is 8.72. The first kappa shape index (κ1) is 22.0. The van der Waals surface area contributed by atoms with Crippen molar-refractivity contribution in [3.8, 4) is 10.6 Å². The van der Waals surface area contributed by atoms with Crippen LogP contribution in [0.2, 0.25) is 0 Å². The average Bonchev–Trinajstić information content (AvgIpc) is 3.25. The first-order valence-electron chi connectivity index (χ1n) is 10.4. The Bertz CT molecular complexity index is 1360. The van der Waals surface area contributed by atoms with Gasteiger partial charge < -0.3 is 14.6 Å². The SMILES string of the molecule is Cc1ccc(-c2nc(C)c(C(=O)Nc3ccc4oc(=O)n(CCN(C)C)c4c3)s2)c(C)c1. The van der Waals surface area contributed by atoms with Crippen molar-refractivity contribution in [2.75, 3.05) is 26.0 Å². The maximum Gasteiger partial charge on any atom is 0.419 e. The van der Waals surface area contributed by atoms with Gasteiger partial charge in [0, 0.05) is 24.3 Å². The zero-order valence-corrected chi connectivity index (χ0v) is 19.7. The number of rotatable bonds is 6. The summed E-state index contributed by atoms with van der Waals surface area (Å²) in [5.41, 5.74) is 5.80. The van der Waals surface area contributed by atoms with E-state index < -0.39 is 5.76 Å². The molecular weight excluding hydrogens is 424 g/mol. The minimum absolute atomic E-state index is 0.221. The first-order chi connectivity index (χ1) is 15.2. The summed E-state index contributed by atoms with van der Waals surface area (Å²) in [4.78, 5) is 32.4. The molecule has 32 heavy (non-hydrogen) atoms. The lowest BCUT2D eigenvalue weighted by molar-refractivity contribution is 0.103. The van der Waals surface area contributed by atoms with E-state index >= 15 is 0 Å². The summed E-state index contributed by atoms with van der Waals surface area (Å²) >= 11 is 1.38. The summed E-state index contributed by atoms with van der Waals surface area (Å²) in [6.07, 6.45) is 0. The van der Waals surface area contributed by atoms with Crippen LogP contribution in [0.4, 0.5) is 5.69 Å². The number of benzene rings is 2. The monoisotopic (exact) mass is 450 g/mol. The number of amides is 1. The van der Waals surface area contributed by atoms with Crippen LogP contribution < -0.4 is 11.1 Å². The lowest BCUT2D eigenvalue weighted by atomic mass is 10.1. The summed E-state index contributed by atoms with van der Waals surface area (Å²) in [5, 5.41) is 3.77. The third-order valence-electron chi connectivity index (χ3n) is 5.31. The van der Waals surface area contributed by atoms with Crippen LogP contribution in [-0.4, -0.2) is 41.0 Å². The van der Waals surface area contributed by atoms with Gasteiger partial charge in [0.05, 0.1) is 11.2 Å². The second-order valence-electron chi connectivity index (χ2n) is 8.21. The molecule has 2 heterocycles. The highest BCUT2D eigenvalue weighted by Gasteiger charge is 2.18. The van der Waals surface area contributed by atoms with Crippen molar-refractivity contribution in [1.82, 2.24) is 14.5 Å². The fourth-order valence-electron chi connectivity index (χ4n) is 3.62.